The summed E-state index contributed by atoms with van der Waals surface area (Å²) in [7, 11) is 0. The van der Waals surface area contributed by atoms with Crippen molar-refractivity contribution in [3.63, 3.8) is 0 Å². The van der Waals surface area contributed by atoms with E-state index in [2.05, 4.69) is 26.1 Å². The smallest absolute Gasteiger partial charge is 0.320 e. The van der Waals surface area contributed by atoms with Crippen LogP contribution in [0.25, 0.3) is 0 Å². The number of aromatic nitrogens is 2. The Morgan fingerprint density at radius 2 is 1.91 bits per heavy atom. The van der Waals surface area contributed by atoms with E-state index in [4.69, 9.17) is 4.74 Å². The van der Waals surface area contributed by atoms with Crippen LogP contribution in [0.1, 0.15) is 19.8 Å². The number of nitrogens with one attached hydrogen (secondary N) is 3. The average Bonchev–Trinajstić information content (AvgIpc) is 3.35. The minimum absolute atomic E-state index is 0.246. The lowest BCUT2D eigenvalue weighted by Crippen LogP contribution is -2.30. The lowest BCUT2D eigenvalue weighted by atomic mass is 10.3. The Morgan fingerprint density at radius 1 is 1.17 bits per heavy atom. The molecule has 23 heavy (non-hydrogen) atoms. The summed E-state index contributed by atoms with van der Waals surface area (Å²) in [6.45, 7) is 2.52. The number of benzene rings is 1. The van der Waals surface area contributed by atoms with E-state index in [9.17, 15) is 4.79 Å². The SMILES string of the molecule is CCOc1ccccc1Nc1ccc(NC(=O)NC2CC2)nn1. The molecule has 7 heteroatoms. The van der Waals surface area contributed by atoms with Crippen LogP contribution in [0.15, 0.2) is 36.4 Å². The molecule has 2 aromatic rings. The van der Waals surface area contributed by atoms with Crippen LogP contribution < -0.4 is 20.7 Å². The topological polar surface area (TPSA) is 88.2 Å². The molecule has 0 atom stereocenters. The van der Waals surface area contributed by atoms with E-state index in [1.165, 1.54) is 0 Å². The first-order valence-electron chi connectivity index (χ1n) is 7.64. The summed E-state index contributed by atoms with van der Waals surface area (Å²) in [5, 5.41) is 16.7. The summed E-state index contributed by atoms with van der Waals surface area (Å²) >= 11 is 0. The van der Waals surface area contributed by atoms with E-state index in [0.29, 0.717) is 24.3 Å². The maximum absolute atomic E-state index is 11.6. The zero-order chi connectivity index (χ0) is 16.1. The molecule has 0 unspecified atom stereocenters. The molecular formula is C16H19N5O2. The second-order valence-corrected chi connectivity index (χ2v) is 5.23. The van der Waals surface area contributed by atoms with Crippen molar-refractivity contribution in [2.75, 3.05) is 17.2 Å². The van der Waals surface area contributed by atoms with E-state index in [1.54, 1.807) is 12.1 Å². The molecule has 0 spiro atoms. The number of nitrogens with zero attached hydrogens (tertiary/aromatic N) is 2. The molecule has 1 aromatic carbocycles. The monoisotopic (exact) mass is 313 g/mol. The molecule has 0 aliphatic heterocycles. The Balaban J connectivity index is 1.61. The van der Waals surface area contributed by atoms with Gasteiger partial charge >= 0.3 is 6.03 Å². The number of para-hydroxylation sites is 2. The quantitative estimate of drug-likeness (QED) is 0.763. The molecule has 120 valence electrons. The number of rotatable bonds is 6. The van der Waals surface area contributed by atoms with Gasteiger partial charge in [-0.05, 0) is 44.0 Å². The van der Waals surface area contributed by atoms with Crippen molar-refractivity contribution in [2.45, 2.75) is 25.8 Å². The number of carbonyl (C=O) groups excluding carboxylic acids is 1. The molecule has 3 rings (SSSR count). The highest BCUT2D eigenvalue weighted by Crippen LogP contribution is 2.26. The fraction of sp³-hybridized carbons (Fsp3) is 0.312. The third-order valence-electron chi connectivity index (χ3n) is 3.27. The van der Waals surface area contributed by atoms with Crippen molar-refractivity contribution in [1.82, 2.24) is 15.5 Å². The Morgan fingerprint density at radius 3 is 2.61 bits per heavy atom. The van der Waals surface area contributed by atoms with Gasteiger partial charge < -0.3 is 15.4 Å². The Kier molecular flexibility index (Phi) is 4.56. The van der Waals surface area contributed by atoms with Gasteiger partial charge in [0.25, 0.3) is 0 Å². The van der Waals surface area contributed by atoms with Crippen molar-refractivity contribution < 1.29 is 9.53 Å². The lowest BCUT2D eigenvalue weighted by molar-refractivity contribution is 0.251. The zero-order valence-corrected chi connectivity index (χ0v) is 12.9. The van der Waals surface area contributed by atoms with Gasteiger partial charge in [-0.2, -0.15) is 0 Å². The Hall–Kier alpha value is -2.83. The number of anilines is 3. The molecule has 1 fully saturated rings. The van der Waals surface area contributed by atoms with Gasteiger partial charge in [-0.25, -0.2) is 4.79 Å². The van der Waals surface area contributed by atoms with E-state index in [1.807, 2.05) is 31.2 Å². The van der Waals surface area contributed by atoms with Gasteiger partial charge in [0.05, 0.1) is 12.3 Å². The van der Waals surface area contributed by atoms with E-state index < -0.39 is 0 Å². The predicted molar refractivity (Wildman–Crippen MR) is 88.1 cm³/mol. The zero-order valence-electron chi connectivity index (χ0n) is 12.9. The van der Waals surface area contributed by atoms with E-state index in [-0.39, 0.29) is 6.03 Å². The fourth-order valence-electron chi connectivity index (χ4n) is 2.02. The van der Waals surface area contributed by atoms with E-state index >= 15 is 0 Å². The summed E-state index contributed by atoms with van der Waals surface area (Å²) in [6.07, 6.45) is 2.09. The van der Waals surface area contributed by atoms with Gasteiger partial charge in [0, 0.05) is 6.04 Å². The summed E-state index contributed by atoms with van der Waals surface area (Å²) in [5.41, 5.74) is 0.816. The number of carbonyl (C=O) groups is 1. The molecule has 1 aliphatic carbocycles. The second kappa shape index (κ2) is 6.95. The standard InChI is InChI=1S/C16H19N5O2/c1-2-23-13-6-4-3-5-12(13)18-14-9-10-15(21-20-14)19-16(22)17-11-7-8-11/h3-6,9-11H,2,7-8H2,1H3,(H,18,20)(H2,17,19,21,22). The highest BCUT2D eigenvalue weighted by molar-refractivity contribution is 5.88. The van der Waals surface area contributed by atoms with Gasteiger partial charge in [-0.15, -0.1) is 10.2 Å². The van der Waals surface area contributed by atoms with Crippen LogP contribution in [0.2, 0.25) is 0 Å². The van der Waals surface area contributed by atoms with Crippen LogP contribution in [-0.4, -0.2) is 28.9 Å². The number of hydrogen-bond acceptors (Lipinski definition) is 5. The molecule has 7 nitrogen and oxygen atoms in total. The van der Waals surface area contributed by atoms with Crippen molar-refractivity contribution in [3.05, 3.63) is 36.4 Å². The van der Waals surface area contributed by atoms with Crippen molar-refractivity contribution >= 4 is 23.4 Å². The molecular weight excluding hydrogens is 294 g/mol. The first-order valence-corrected chi connectivity index (χ1v) is 7.64. The highest BCUT2D eigenvalue weighted by atomic mass is 16.5. The van der Waals surface area contributed by atoms with Crippen molar-refractivity contribution in [3.8, 4) is 5.75 Å². The van der Waals surface area contributed by atoms with Crippen LogP contribution in [0.5, 0.6) is 5.75 Å². The molecule has 1 saturated carbocycles. The molecule has 2 amide bonds. The third kappa shape index (κ3) is 4.32. The van der Waals surface area contributed by atoms with Gasteiger partial charge in [0.15, 0.2) is 11.6 Å². The minimum atomic E-state index is -0.246. The largest absolute Gasteiger partial charge is 0.492 e. The van der Waals surface area contributed by atoms with Gasteiger partial charge in [-0.3, -0.25) is 5.32 Å². The predicted octanol–water partition coefficient (Wildman–Crippen LogP) is 2.90. The van der Waals surface area contributed by atoms with Crippen LogP contribution in [0.4, 0.5) is 22.1 Å². The molecule has 3 N–H and O–H groups in total. The molecule has 1 aromatic heterocycles. The minimum Gasteiger partial charge on any atom is -0.492 e. The van der Waals surface area contributed by atoms with Crippen LogP contribution >= 0.6 is 0 Å². The van der Waals surface area contributed by atoms with Crippen LogP contribution in [0, 0.1) is 0 Å². The van der Waals surface area contributed by atoms with E-state index in [0.717, 1.165) is 24.3 Å². The highest BCUT2D eigenvalue weighted by Gasteiger charge is 2.23. The first-order chi connectivity index (χ1) is 11.2. The molecule has 0 saturated heterocycles. The first kappa shape index (κ1) is 15.1. The van der Waals surface area contributed by atoms with Crippen LogP contribution in [0.3, 0.4) is 0 Å². The average molecular weight is 313 g/mol. The summed E-state index contributed by atoms with van der Waals surface area (Å²) in [6, 6.07) is 11.1. The summed E-state index contributed by atoms with van der Waals surface area (Å²) in [5.74, 6) is 1.74. The normalized spacial score (nSPS) is 13.3. The number of urea groups is 1. The lowest BCUT2D eigenvalue weighted by Gasteiger charge is -2.11. The molecule has 0 bridgehead atoms. The Labute approximate surface area is 134 Å². The van der Waals surface area contributed by atoms with Gasteiger partial charge in [0.2, 0.25) is 0 Å². The molecule has 1 heterocycles. The number of ether oxygens (including phenoxy) is 1. The van der Waals surface area contributed by atoms with Gasteiger partial charge in [-0.1, -0.05) is 12.1 Å². The Bertz CT molecular complexity index is 670. The number of amides is 2. The maximum atomic E-state index is 11.6. The maximum Gasteiger partial charge on any atom is 0.320 e. The third-order valence-corrected chi connectivity index (χ3v) is 3.27. The van der Waals surface area contributed by atoms with Crippen molar-refractivity contribution in [2.24, 2.45) is 0 Å². The van der Waals surface area contributed by atoms with Crippen molar-refractivity contribution in [1.29, 1.82) is 0 Å². The second-order valence-electron chi connectivity index (χ2n) is 5.23. The van der Waals surface area contributed by atoms with Gasteiger partial charge in [0.1, 0.15) is 5.75 Å². The number of hydrogen-bond donors (Lipinski definition) is 3. The van der Waals surface area contributed by atoms with Crippen LogP contribution in [-0.2, 0) is 0 Å². The summed E-state index contributed by atoms with van der Waals surface area (Å²) < 4.78 is 5.55. The summed E-state index contributed by atoms with van der Waals surface area (Å²) in [4.78, 5) is 11.6. The molecule has 0 radical (unpaired) electrons. The molecule has 1 aliphatic rings. The fourth-order valence-corrected chi connectivity index (χ4v) is 2.02.